The number of aryl methyl sites for hydroxylation is 1. The predicted molar refractivity (Wildman–Crippen MR) is 138 cm³/mol. The van der Waals surface area contributed by atoms with Crippen molar-refractivity contribution in [2.24, 2.45) is 7.05 Å². The summed E-state index contributed by atoms with van der Waals surface area (Å²) in [7, 11) is 1.64. The van der Waals surface area contributed by atoms with Crippen LogP contribution in [-0.2, 0) is 11.8 Å². The molecule has 5 heterocycles. The van der Waals surface area contributed by atoms with Gasteiger partial charge in [0.1, 0.15) is 12.3 Å². The zero-order chi connectivity index (χ0) is 25.1. The predicted octanol–water partition coefficient (Wildman–Crippen LogP) is 3.55. The van der Waals surface area contributed by atoms with Crippen LogP contribution in [0.5, 0.6) is 5.88 Å². The fourth-order valence-corrected chi connectivity index (χ4v) is 4.50. The molecule has 1 fully saturated rings. The molecule has 5 rings (SSSR count). The van der Waals surface area contributed by atoms with Crippen LogP contribution in [0.4, 0.5) is 11.6 Å². The first kappa shape index (κ1) is 24.4. The van der Waals surface area contributed by atoms with Gasteiger partial charge >= 0.3 is 0 Å². The molecule has 0 amide bonds. The van der Waals surface area contributed by atoms with Crippen molar-refractivity contribution in [1.29, 1.82) is 0 Å². The van der Waals surface area contributed by atoms with Crippen molar-refractivity contribution in [1.82, 2.24) is 29.4 Å². The Morgan fingerprint density at radius 2 is 1.86 bits per heavy atom. The van der Waals surface area contributed by atoms with Crippen LogP contribution in [0.3, 0.4) is 0 Å². The summed E-state index contributed by atoms with van der Waals surface area (Å²) in [5.41, 5.74) is 1.63. The first-order valence-corrected chi connectivity index (χ1v) is 12.1. The number of hydrogen-bond acceptors (Lipinski definition) is 9. The minimum Gasteiger partial charge on any atom is -0.476 e. The molecule has 12 heteroatoms. The molecule has 0 bridgehead atoms. The molecule has 0 radical (unpaired) electrons. The Kier molecular flexibility index (Phi) is 7.28. The Morgan fingerprint density at radius 1 is 1.08 bits per heavy atom. The SMILES string of the molecule is Cn1c(=O)c(-c2c(Cl)cncc2Cl)cc2cnc(Nc3ccc(OCCN4CCOCC4)nc3)nc21. The van der Waals surface area contributed by atoms with E-state index in [1.807, 2.05) is 6.07 Å². The molecule has 0 unspecified atom stereocenters. The van der Waals surface area contributed by atoms with Crippen molar-refractivity contribution in [3.63, 3.8) is 0 Å². The number of morpholine rings is 1. The lowest BCUT2D eigenvalue weighted by Gasteiger charge is -2.26. The first-order chi connectivity index (χ1) is 17.5. The Balaban J connectivity index is 1.30. The summed E-state index contributed by atoms with van der Waals surface area (Å²) < 4.78 is 12.5. The van der Waals surface area contributed by atoms with Crippen LogP contribution in [0.25, 0.3) is 22.2 Å². The monoisotopic (exact) mass is 527 g/mol. The zero-order valence-electron chi connectivity index (χ0n) is 19.4. The van der Waals surface area contributed by atoms with Crippen molar-refractivity contribution in [3.05, 3.63) is 63.4 Å². The zero-order valence-corrected chi connectivity index (χ0v) is 21.0. The van der Waals surface area contributed by atoms with Crippen LogP contribution in [0.2, 0.25) is 10.0 Å². The van der Waals surface area contributed by atoms with E-state index in [-0.39, 0.29) is 5.56 Å². The third-order valence-electron chi connectivity index (χ3n) is 5.82. The topological polar surface area (TPSA) is 107 Å². The molecule has 186 valence electrons. The second-order valence-corrected chi connectivity index (χ2v) is 9.00. The summed E-state index contributed by atoms with van der Waals surface area (Å²) in [5, 5.41) is 4.35. The fourth-order valence-electron chi connectivity index (χ4n) is 3.93. The number of rotatable bonds is 7. The number of fused-ring (bicyclic) bond motifs is 1. The van der Waals surface area contributed by atoms with E-state index in [1.165, 1.54) is 17.0 Å². The molecule has 10 nitrogen and oxygen atoms in total. The van der Waals surface area contributed by atoms with Crippen LogP contribution < -0.4 is 15.6 Å². The van der Waals surface area contributed by atoms with Gasteiger partial charge in [-0.1, -0.05) is 23.2 Å². The molecule has 1 aliphatic rings. The molecule has 0 aromatic carbocycles. The minimum atomic E-state index is -0.289. The lowest BCUT2D eigenvalue weighted by Crippen LogP contribution is -2.38. The summed E-state index contributed by atoms with van der Waals surface area (Å²) >= 11 is 12.5. The Labute approximate surface area is 216 Å². The van der Waals surface area contributed by atoms with E-state index in [1.54, 1.807) is 31.6 Å². The number of hydrogen-bond donors (Lipinski definition) is 1. The number of nitrogens with zero attached hydrogens (tertiary/aromatic N) is 6. The molecule has 1 N–H and O–H groups in total. The van der Waals surface area contributed by atoms with Gasteiger partial charge in [-0.2, -0.15) is 4.98 Å². The number of halogens is 2. The van der Waals surface area contributed by atoms with Gasteiger partial charge in [-0.25, -0.2) is 9.97 Å². The highest BCUT2D eigenvalue weighted by atomic mass is 35.5. The van der Waals surface area contributed by atoms with Crippen molar-refractivity contribution < 1.29 is 9.47 Å². The average molecular weight is 528 g/mol. The third kappa shape index (κ3) is 5.26. The van der Waals surface area contributed by atoms with E-state index in [2.05, 4.69) is 30.2 Å². The second kappa shape index (κ2) is 10.8. The van der Waals surface area contributed by atoms with Crippen LogP contribution in [0, 0.1) is 0 Å². The lowest BCUT2D eigenvalue weighted by atomic mass is 10.1. The van der Waals surface area contributed by atoms with E-state index in [9.17, 15) is 4.79 Å². The molecule has 36 heavy (non-hydrogen) atoms. The highest BCUT2D eigenvalue weighted by Crippen LogP contribution is 2.33. The van der Waals surface area contributed by atoms with Crippen molar-refractivity contribution in [3.8, 4) is 17.0 Å². The number of pyridine rings is 3. The largest absolute Gasteiger partial charge is 0.476 e. The van der Waals surface area contributed by atoms with Crippen LogP contribution >= 0.6 is 23.2 Å². The maximum atomic E-state index is 13.1. The average Bonchev–Trinajstić information content (AvgIpc) is 2.89. The molecule has 0 spiro atoms. The number of aromatic nitrogens is 5. The Bertz CT molecular complexity index is 1420. The van der Waals surface area contributed by atoms with Crippen molar-refractivity contribution in [2.45, 2.75) is 0 Å². The standard InChI is InChI=1S/C24H23Cl2N7O3/c1-32-22-15(10-17(23(32)34)21-18(25)13-27-14-19(21)26)11-29-24(31-22)30-16-2-3-20(28-12-16)36-9-6-33-4-7-35-8-5-33/h2-3,10-14H,4-9H2,1H3,(H,29,30,31). The van der Waals surface area contributed by atoms with E-state index in [4.69, 9.17) is 32.7 Å². The smallest absolute Gasteiger partial charge is 0.259 e. The van der Waals surface area contributed by atoms with E-state index < -0.39 is 0 Å². The summed E-state index contributed by atoms with van der Waals surface area (Å²) in [6, 6.07) is 5.30. The summed E-state index contributed by atoms with van der Waals surface area (Å²) in [6.45, 7) is 4.75. The Morgan fingerprint density at radius 3 is 2.58 bits per heavy atom. The van der Waals surface area contributed by atoms with Gasteiger partial charge in [-0.15, -0.1) is 0 Å². The Hall–Kier alpha value is -3.31. The summed E-state index contributed by atoms with van der Waals surface area (Å²) in [4.78, 5) is 32.6. The van der Waals surface area contributed by atoms with Crippen LogP contribution in [-0.4, -0.2) is 68.9 Å². The normalized spacial score (nSPS) is 14.2. The van der Waals surface area contributed by atoms with E-state index >= 15 is 0 Å². The maximum absolute atomic E-state index is 13.1. The molecule has 4 aromatic heterocycles. The highest BCUT2D eigenvalue weighted by Gasteiger charge is 2.17. The van der Waals surface area contributed by atoms with Gasteiger partial charge < -0.3 is 14.8 Å². The summed E-state index contributed by atoms with van der Waals surface area (Å²) in [5.74, 6) is 0.865. The molecule has 4 aromatic rings. The van der Waals surface area contributed by atoms with Gasteiger partial charge in [0.25, 0.3) is 5.56 Å². The van der Waals surface area contributed by atoms with Crippen molar-refractivity contribution in [2.75, 3.05) is 44.8 Å². The maximum Gasteiger partial charge on any atom is 0.259 e. The van der Waals surface area contributed by atoms with Crippen LogP contribution in [0.15, 0.2) is 47.8 Å². The van der Waals surface area contributed by atoms with Gasteiger partial charge in [0.15, 0.2) is 0 Å². The number of nitrogens with one attached hydrogen (secondary N) is 1. The van der Waals surface area contributed by atoms with E-state index in [0.717, 1.165) is 32.8 Å². The first-order valence-electron chi connectivity index (χ1n) is 11.3. The van der Waals surface area contributed by atoms with Gasteiger partial charge in [0, 0.05) is 62.3 Å². The second-order valence-electron chi connectivity index (χ2n) is 8.19. The summed E-state index contributed by atoms with van der Waals surface area (Å²) in [6.07, 6.45) is 6.18. The molecular weight excluding hydrogens is 505 g/mol. The molecular formula is C24H23Cl2N7O3. The van der Waals surface area contributed by atoms with Gasteiger partial charge in [-0.05, 0) is 12.1 Å². The quantitative estimate of drug-likeness (QED) is 0.385. The fraction of sp³-hybridized carbons (Fsp3) is 0.292. The molecule has 1 saturated heterocycles. The number of ether oxygens (including phenoxy) is 2. The minimum absolute atomic E-state index is 0.289. The van der Waals surface area contributed by atoms with Gasteiger partial charge in [0.05, 0.1) is 40.7 Å². The van der Waals surface area contributed by atoms with Gasteiger partial charge in [0.2, 0.25) is 11.8 Å². The highest BCUT2D eigenvalue weighted by molar-refractivity contribution is 6.39. The molecule has 0 aliphatic carbocycles. The third-order valence-corrected chi connectivity index (χ3v) is 6.40. The molecule has 0 atom stereocenters. The van der Waals surface area contributed by atoms with E-state index in [0.29, 0.717) is 56.3 Å². The van der Waals surface area contributed by atoms with Crippen LogP contribution in [0.1, 0.15) is 0 Å². The molecule has 1 aliphatic heterocycles. The van der Waals surface area contributed by atoms with Gasteiger partial charge in [-0.3, -0.25) is 19.2 Å². The molecule has 0 saturated carbocycles. The number of anilines is 2. The lowest BCUT2D eigenvalue weighted by molar-refractivity contribution is 0.0320. The van der Waals surface area contributed by atoms with Crippen molar-refractivity contribution >= 4 is 45.9 Å².